The summed E-state index contributed by atoms with van der Waals surface area (Å²) in [5.74, 6) is -1.21. The molecule has 148 valence electrons. The van der Waals surface area contributed by atoms with E-state index in [9.17, 15) is 19.1 Å². The first kappa shape index (κ1) is 19.1. The fraction of sp³-hybridized carbons (Fsp3) is 0.455. The second kappa shape index (κ2) is 6.69. The van der Waals surface area contributed by atoms with Gasteiger partial charge in [0.1, 0.15) is 10.7 Å². The zero-order chi connectivity index (χ0) is 20.1. The Labute approximate surface area is 167 Å². The zero-order valence-corrected chi connectivity index (χ0v) is 16.9. The van der Waals surface area contributed by atoms with E-state index in [1.807, 2.05) is 17.5 Å². The van der Waals surface area contributed by atoms with Crippen molar-refractivity contribution in [1.29, 1.82) is 0 Å². The summed E-state index contributed by atoms with van der Waals surface area (Å²) in [7, 11) is 0. The number of carbonyl (C=O) groups is 2. The van der Waals surface area contributed by atoms with Gasteiger partial charge in [-0.3, -0.25) is 4.79 Å². The van der Waals surface area contributed by atoms with E-state index >= 15 is 0 Å². The topological polar surface area (TPSA) is 66.4 Å². The van der Waals surface area contributed by atoms with E-state index in [0.29, 0.717) is 5.00 Å². The summed E-state index contributed by atoms with van der Waals surface area (Å²) in [4.78, 5) is 24.7. The number of carbonyl (C=O) groups excluding carboxylic acids is 1. The highest BCUT2D eigenvalue weighted by molar-refractivity contribution is 7.15. The van der Waals surface area contributed by atoms with Crippen LogP contribution in [0.15, 0.2) is 29.6 Å². The third-order valence-electron chi connectivity index (χ3n) is 6.11. The maximum atomic E-state index is 13.9. The fourth-order valence-corrected chi connectivity index (χ4v) is 5.97. The molecule has 0 saturated heterocycles. The van der Waals surface area contributed by atoms with E-state index in [4.69, 9.17) is 0 Å². The Bertz CT molecular complexity index is 941. The van der Waals surface area contributed by atoms with Crippen LogP contribution in [0.25, 0.3) is 0 Å². The van der Waals surface area contributed by atoms with Crippen molar-refractivity contribution >= 4 is 28.2 Å². The molecule has 1 amide bonds. The molecule has 4 nitrogen and oxygen atoms in total. The molecule has 2 aliphatic rings. The van der Waals surface area contributed by atoms with E-state index in [2.05, 4.69) is 17.4 Å². The minimum Gasteiger partial charge on any atom is -0.478 e. The lowest BCUT2D eigenvalue weighted by Gasteiger charge is -2.46. The number of anilines is 1. The maximum absolute atomic E-state index is 13.9. The lowest BCUT2D eigenvalue weighted by molar-refractivity contribution is -0.139. The molecule has 1 aromatic carbocycles. The Morgan fingerprint density at radius 1 is 1.21 bits per heavy atom. The van der Waals surface area contributed by atoms with Crippen molar-refractivity contribution in [3.8, 4) is 0 Å². The number of aryl methyl sites for hydroxylation is 1. The van der Waals surface area contributed by atoms with Gasteiger partial charge < -0.3 is 10.4 Å². The van der Waals surface area contributed by atoms with Gasteiger partial charge in [-0.15, -0.1) is 11.3 Å². The van der Waals surface area contributed by atoms with Crippen LogP contribution in [0.3, 0.4) is 0 Å². The van der Waals surface area contributed by atoms with Crippen LogP contribution < -0.4 is 5.32 Å². The van der Waals surface area contributed by atoms with Gasteiger partial charge in [0, 0.05) is 0 Å². The highest BCUT2D eigenvalue weighted by Crippen LogP contribution is 2.51. The molecular formula is C22H24FNO3S. The quantitative estimate of drug-likeness (QED) is 0.741. The highest BCUT2D eigenvalue weighted by Gasteiger charge is 2.54. The number of rotatable bonds is 4. The SMILES string of the molecule is CC1(F)CC(C)(C(=O)Nc2scc(C3CCc4ccccc4C3)c2C(=O)O)C1. The number of benzene rings is 1. The number of alkyl halides is 1. The number of hydrogen-bond donors (Lipinski definition) is 2. The van der Waals surface area contributed by atoms with Gasteiger partial charge >= 0.3 is 5.97 Å². The van der Waals surface area contributed by atoms with Crippen LogP contribution in [-0.2, 0) is 17.6 Å². The number of amides is 1. The molecule has 1 aromatic heterocycles. The van der Waals surface area contributed by atoms with Crippen LogP contribution in [0.5, 0.6) is 0 Å². The molecule has 0 radical (unpaired) electrons. The molecule has 2 aliphatic carbocycles. The van der Waals surface area contributed by atoms with Crippen molar-refractivity contribution in [2.75, 3.05) is 5.32 Å². The fourth-order valence-electron chi connectivity index (χ4n) is 4.94. The summed E-state index contributed by atoms with van der Waals surface area (Å²) in [6, 6.07) is 8.27. The average Bonchev–Trinajstić information content (AvgIpc) is 3.03. The van der Waals surface area contributed by atoms with Crippen molar-refractivity contribution < 1.29 is 19.1 Å². The van der Waals surface area contributed by atoms with Gasteiger partial charge in [-0.25, -0.2) is 9.18 Å². The van der Waals surface area contributed by atoms with Crippen LogP contribution in [0.4, 0.5) is 9.39 Å². The zero-order valence-electron chi connectivity index (χ0n) is 16.0. The largest absolute Gasteiger partial charge is 0.478 e. The van der Waals surface area contributed by atoms with Crippen LogP contribution >= 0.6 is 11.3 Å². The Balaban J connectivity index is 1.57. The van der Waals surface area contributed by atoms with Gasteiger partial charge in [0.05, 0.1) is 11.0 Å². The number of hydrogen-bond acceptors (Lipinski definition) is 3. The molecule has 0 spiro atoms. The maximum Gasteiger partial charge on any atom is 0.339 e. The van der Waals surface area contributed by atoms with Gasteiger partial charge in [0.15, 0.2) is 0 Å². The Hall–Kier alpha value is -2.21. The van der Waals surface area contributed by atoms with Crippen LogP contribution in [0, 0.1) is 5.41 Å². The minimum absolute atomic E-state index is 0.122. The van der Waals surface area contributed by atoms with Crippen LogP contribution in [-0.4, -0.2) is 22.7 Å². The summed E-state index contributed by atoms with van der Waals surface area (Å²) in [6.07, 6.45) is 2.93. The number of aromatic carboxylic acids is 1. The highest BCUT2D eigenvalue weighted by atomic mass is 32.1. The number of thiophene rings is 1. The summed E-state index contributed by atoms with van der Waals surface area (Å²) in [5, 5.41) is 14.8. The van der Waals surface area contributed by atoms with E-state index in [1.54, 1.807) is 6.92 Å². The van der Waals surface area contributed by atoms with Crippen molar-refractivity contribution in [2.24, 2.45) is 5.41 Å². The number of fused-ring (bicyclic) bond motifs is 1. The van der Waals surface area contributed by atoms with Crippen LogP contribution in [0.2, 0.25) is 0 Å². The molecule has 1 heterocycles. The Kier molecular flexibility index (Phi) is 4.57. The van der Waals surface area contributed by atoms with Gasteiger partial charge in [-0.1, -0.05) is 31.2 Å². The molecule has 0 aliphatic heterocycles. The summed E-state index contributed by atoms with van der Waals surface area (Å²) >= 11 is 1.25. The molecule has 1 unspecified atom stereocenters. The molecule has 0 bridgehead atoms. The van der Waals surface area contributed by atoms with Crippen LogP contribution in [0.1, 0.15) is 66.1 Å². The second-order valence-electron chi connectivity index (χ2n) is 8.69. The summed E-state index contributed by atoms with van der Waals surface area (Å²) < 4.78 is 13.9. The molecule has 6 heteroatoms. The van der Waals surface area contributed by atoms with Gasteiger partial charge in [0.2, 0.25) is 5.91 Å². The molecule has 2 aromatic rings. The van der Waals surface area contributed by atoms with Gasteiger partial charge in [0.25, 0.3) is 0 Å². The lowest BCUT2D eigenvalue weighted by Crippen LogP contribution is -2.51. The molecule has 1 atom stereocenters. The molecular weight excluding hydrogens is 377 g/mol. The summed E-state index contributed by atoms with van der Waals surface area (Å²) in [5.41, 5.74) is 1.46. The Morgan fingerprint density at radius 2 is 1.89 bits per heavy atom. The molecule has 1 saturated carbocycles. The predicted molar refractivity (Wildman–Crippen MR) is 108 cm³/mol. The van der Waals surface area contributed by atoms with Crippen molar-refractivity contribution in [3.63, 3.8) is 0 Å². The molecule has 4 rings (SSSR count). The number of carboxylic acid groups (broad SMARTS) is 1. The standard InChI is InChI=1S/C22H24FNO3S/c1-21(11-22(2,23)12-21)20(27)24-18-17(19(25)26)16(10-28-18)15-8-7-13-5-3-4-6-14(13)9-15/h3-6,10,15H,7-9,11-12H2,1-2H3,(H,24,27)(H,25,26). The molecule has 2 N–H and O–H groups in total. The lowest BCUT2D eigenvalue weighted by atomic mass is 9.61. The second-order valence-corrected chi connectivity index (χ2v) is 9.57. The predicted octanol–water partition coefficient (Wildman–Crippen LogP) is 5.19. The summed E-state index contributed by atoms with van der Waals surface area (Å²) in [6.45, 7) is 3.23. The monoisotopic (exact) mass is 401 g/mol. The van der Waals surface area contributed by atoms with Crippen molar-refractivity contribution in [2.45, 2.75) is 57.5 Å². The number of halogens is 1. The molecule has 1 fully saturated rings. The third kappa shape index (κ3) is 3.34. The third-order valence-corrected chi connectivity index (χ3v) is 7.03. The van der Waals surface area contributed by atoms with Crippen molar-refractivity contribution in [1.82, 2.24) is 0 Å². The first-order valence-corrected chi connectivity index (χ1v) is 10.5. The number of nitrogens with one attached hydrogen (secondary N) is 1. The first-order chi connectivity index (χ1) is 13.2. The van der Waals surface area contributed by atoms with Gasteiger partial charge in [-0.05, 0) is 67.0 Å². The smallest absolute Gasteiger partial charge is 0.339 e. The van der Waals surface area contributed by atoms with E-state index in [1.165, 1.54) is 29.4 Å². The van der Waals surface area contributed by atoms with E-state index in [-0.39, 0.29) is 30.2 Å². The minimum atomic E-state index is -1.32. The normalized spacial score (nSPS) is 28.9. The Morgan fingerprint density at radius 3 is 2.54 bits per heavy atom. The van der Waals surface area contributed by atoms with E-state index < -0.39 is 17.1 Å². The van der Waals surface area contributed by atoms with Crippen molar-refractivity contribution in [3.05, 3.63) is 51.9 Å². The van der Waals surface area contributed by atoms with E-state index in [0.717, 1.165) is 24.8 Å². The van der Waals surface area contributed by atoms with Gasteiger partial charge in [-0.2, -0.15) is 0 Å². The molecule has 28 heavy (non-hydrogen) atoms. The number of carboxylic acids is 1. The average molecular weight is 402 g/mol. The first-order valence-electron chi connectivity index (χ1n) is 9.60.